The van der Waals surface area contributed by atoms with Crippen molar-refractivity contribution in [1.82, 2.24) is 0 Å². The maximum atomic E-state index is 4.33. The van der Waals surface area contributed by atoms with Gasteiger partial charge in [0, 0.05) is 18.6 Å². The van der Waals surface area contributed by atoms with Gasteiger partial charge >= 0.3 is 0 Å². The number of ether oxygens (including phenoxy) is 5. The van der Waals surface area contributed by atoms with Crippen LogP contribution in [0.5, 0.6) is 0 Å². The summed E-state index contributed by atoms with van der Waals surface area (Å²) in [5.74, 6) is 0. The summed E-state index contributed by atoms with van der Waals surface area (Å²) in [4.78, 5) is 0. The van der Waals surface area contributed by atoms with Gasteiger partial charge in [0.1, 0.15) is 0 Å². The molecule has 1 radical (unpaired) electrons. The normalized spacial score (nSPS) is 21.2. The SMILES string of the molecule is C1C[OH+]CC[OH+]CC[OH+]CC[OH+]CC[OH+]1.[Cl-].[V]. The fraction of sp³-hybridized carbons (Fsp3) is 1.00. The topological polar surface area (TPSA) is 64.0 Å². The third-order valence-electron chi connectivity index (χ3n) is 2.08. The third kappa shape index (κ3) is 14.6. The van der Waals surface area contributed by atoms with Gasteiger partial charge in [-0.3, -0.25) is 0 Å². The van der Waals surface area contributed by atoms with Crippen LogP contribution in [-0.2, 0) is 18.6 Å². The van der Waals surface area contributed by atoms with Gasteiger partial charge in [0.05, 0.1) is 0 Å². The molecule has 0 amide bonds. The Labute approximate surface area is 121 Å². The Kier molecular flexibility index (Phi) is 19.6. The second-order valence-electron chi connectivity index (χ2n) is 3.35. The van der Waals surface area contributed by atoms with E-state index < -0.39 is 0 Å². The summed E-state index contributed by atoms with van der Waals surface area (Å²) in [6, 6.07) is 0. The van der Waals surface area contributed by atoms with Gasteiger partial charge in [-0.15, -0.1) is 0 Å². The van der Waals surface area contributed by atoms with Gasteiger partial charge in [-0.25, -0.2) is 0 Å². The molecule has 0 atom stereocenters. The monoisotopic (exact) mass is 311 g/mol. The Bertz CT molecular complexity index is 83.3. The van der Waals surface area contributed by atoms with E-state index in [2.05, 4.69) is 23.7 Å². The fourth-order valence-corrected chi connectivity index (χ4v) is 1.27. The van der Waals surface area contributed by atoms with Gasteiger partial charge in [0.15, 0.2) is 0 Å². The van der Waals surface area contributed by atoms with Crippen molar-refractivity contribution in [3.8, 4) is 0 Å². The molecular formula is C10H25ClO5V+4. The molecule has 17 heavy (non-hydrogen) atoms. The molecule has 1 rings (SSSR count). The maximum absolute atomic E-state index is 4.33. The second kappa shape index (κ2) is 16.7. The standard InChI is InChI=1S/C10H20O5.ClH.V/c1-2-12-5-6-14-9-10-15-8-7-13-4-3-11-1;;/h1-10H2;1H;/p+4. The van der Waals surface area contributed by atoms with Gasteiger partial charge in [-0.05, 0) is 0 Å². The summed E-state index contributed by atoms with van der Waals surface area (Å²) in [5, 5.41) is 0. The average Bonchev–Trinajstić information content (AvgIpc) is 2.27. The second-order valence-corrected chi connectivity index (χ2v) is 3.35. The van der Waals surface area contributed by atoms with E-state index in [0.29, 0.717) is 0 Å². The minimum Gasteiger partial charge on any atom is -1.00 e. The van der Waals surface area contributed by atoms with Gasteiger partial charge < -0.3 is 36.1 Å². The zero-order chi connectivity index (χ0) is 10.6. The molecule has 0 aliphatic carbocycles. The van der Waals surface area contributed by atoms with Crippen LogP contribution in [-0.4, -0.2) is 89.8 Å². The predicted molar refractivity (Wildman–Crippen MR) is 59.8 cm³/mol. The molecule has 0 aromatic carbocycles. The predicted octanol–water partition coefficient (Wildman–Crippen LogP) is -5.36. The molecule has 103 valence electrons. The molecule has 0 aromatic heterocycles. The van der Waals surface area contributed by atoms with Crippen molar-refractivity contribution < 1.29 is 54.6 Å². The molecule has 0 saturated carbocycles. The van der Waals surface area contributed by atoms with E-state index in [9.17, 15) is 0 Å². The van der Waals surface area contributed by atoms with E-state index >= 15 is 0 Å². The Morgan fingerprint density at radius 1 is 0.353 bits per heavy atom. The van der Waals surface area contributed by atoms with Gasteiger partial charge in [-0.1, -0.05) is 0 Å². The molecule has 0 spiro atoms. The molecular weight excluding hydrogens is 287 g/mol. The molecule has 0 aromatic rings. The van der Waals surface area contributed by atoms with Gasteiger partial charge in [-0.2, -0.15) is 0 Å². The molecule has 1 saturated heterocycles. The van der Waals surface area contributed by atoms with E-state index in [1.54, 1.807) is 0 Å². The summed E-state index contributed by atoms with van der Waals surface area (Å²) >= 11 is 0. The first-order chi connectivity index (χ1) is 7.50. The third-order valence-corrected chi connectivity index (χ3v) is 2.08. The van der Waals surface area contributed by atoms with Crippen molar-refractivity contribution in [1.29, 1.82) is 0 Å². The van der Waals surface area contributed by atoms with Crippen LogP contribution in [0.1, 0.15) is 0 Å². The summed E-state index contributed by atoms with van der Waals surface area (Å²) in [5.41, 5.74) is 0. The summed E-state index contributed by atoms with van der Waals surface area (Å²) < 4.78 is 21.7. The molecule has 0 bridgehead atoms. The van der Waals surface area contributed by atoms with Crippen molar-refractivity contribution in [2.45, 2.75) is 0 Å². The van der Waals surface area contributed by atoms with Gasteiger partial charge in [0.25, 0.3) is 0 Å². The number of aliphatic hydroxyl groups is 10. The largest absolute Gasteiger partial charge is 1.00 e. The van der Waals surface area contributed by atoms with E-state index in [1.807, 2.05) is 0 Å². The smallest absolute Gasteiger partial charge is 0.214 e. The summed E-state index contributed by atoms with van der Waals surface area (Å²) in [7, 11) is 0. The van der Waals surface area contributed by atoms with Crippen molar-refractivity contribution in [2.75, 3.05) is 66.1 Å². The molecule has 0 unspecified atom stereocenters. The van der Waals surface area contributed by atoms with Crippen LogP contribution >= 0.6 is 0 Å². The molecule has 1 aliphatic rings. The zero-order valence-electron chi connectivity index (χ0n) is 10.1. The van der Waals surface area contributed by atoms with Crippen LogP contribution < -0.4 is 12.4 Å². The minimum atomic E-state index is 0. The first kappa shape index (κ1) is 20.0. The summed E-state index contributed by atoms with van der Waals surface area (Å²) in [6.45, 7) is 8.33. The molecule has 1 heterocycles. The minimum absolute atomic E-state index is 0. The van der Waals surface area contributed by atoms with Crippen molar-refractivity contribution in [3.63, 3.8) is 0 Å². The number of hydrogen-bond acceptors (Lipinski definition) is 0. The van der Waals surface area contributed by atoms with Crippen LogP contribution in [0.25, 0.3) is 0 Å². The van der Waals surface area contributed by atoms with E-state index in [0.717, 1.165) is 66.1 Å². The van der Waals surface area contributed by atoms with E-state index in [4.69, 9.17) is 0 Å². The summed E-state index contributed by atoms with van der Waals surface area (Å²) in [6.07, 6.45) is 0. The molecule has 1 fully saturated rings. The Morgan fingerprint density at radius 2 is 0.471 bits per heavy atom. The van der Waals surface area contributed by atoms with Crippen LogP contribution in [0, 0.1) is 0 Å². The van der Waals surface area contributed by atoms with Crippen LogP contribution in [0.15, 0.2) is 0 Å². The van der Waals surface area contributed by atoms with Crippen LogP contribution in [0.4, 0.5) is 0 Å². The van der Waals surface area contributed by atoms with Crippen molar-refractivity contribution in [3.05, 3.63) is 0 Å². The number of hydrogen-bond donors (Lipinski definition) is 0. The van der Waals surface area contributed by atoms with Crippen molar-refractivity contribution >= 4 is 0 Å². The molecule has 5 nitrogen and oxygen atoms in total. The Morgan fingerprint density at radius 3 is 0.588 bits per heavy atom. The average molecular weight is 312 g/mol. The fourth-order valence-electron chi connectivity index (χ4n) is 1.27. The van der Waals surface area contributed by atoms with Crippen LogP contribution in [0.2, 0.25) is 0 Å². The Balaban J connectivity index is 0. The first-order valence-corrected chi connectivity index (χ1v) is 5.66. The van der Waals surface area contributed by atoms with E-state index in [-0.39, 0.29) is 31.0 Å². The van der Waals surface area contributed by atoms with Crippen molar-refractivity contribution in [2.24, 2.45) is 0 Å². The quantitative estimate of drug-likeness (QED) is 0.401. The van der Waals surface area contributed by atoms with E-state index in [1.165, 1.54) is 0 Å². The number of halogens is 1. The van der Waals surface area contributed by atoms with Gasteiger partial charge in [0.2, 0.25) is 66.1 Å². The molecule has 1 aliphatic heterocycles. The number of rotatable bonds is 0. The first-order valence-electron chi connectivity index (χ1n) is 5.66. The maximum Gasteiger partial charge on any atom is 0.214 e. The molecule has 5 N–H and O–H groups in total. The van der Waals surface area contributed by atoms with Crippen LogP contribution in [0.3, 0.4) is 0 Å². The zero-order valence-corrected chi connectivity index (χ0v) is 12.3. The Hall–Kier alpha value is 0.674. The molecule has 7 heteroatoms.